The lowest BCUT2D eigenvalue weighted by atomic mass is 10.1. The molecule has 0 aliphatic carbocycles. The zero-order valence-electron chi connectivity index (χ0n) is 14.1. The highest BCUT2D eigenvalue weighted by Crippen LogP contribution is 2.10. The summed E-state index contributed by atoms with van der Waals surface area (Å²) in [5, 5.41) is 3.39. The lowest BCUT2D eigenvalue weighted by molar-refractivity contribution is 0.0657. The number of rotatable bonds is 6. The fourth-order valence-corrected chi connectivity index (χ4v) is 2.52. The van der Waals surface area contributed by atoms with E-state index in [1.807, 2.05) is 0 Å². The Kier molecular flexibility index (Phi) is 6.72. The molecule has 4 nitrogen and oxygen atoms in total. The molecule has 0 saturated carbocycles. The predicted octanol–water partition coefficient (Wildman–Crippen LogP) is 3.17. The van der Waals surface area contributed by atoms with Gasteiger partial charge >= 0.3 is 0 Å². The Morgan fingerprint density at radius 2 is 1.82 bits per heavy atom. The molecule has 1 N–H and O–H groups in total. The van der Waals surface area contributed by atoms with Crippen LogP contribution in [0.3, 0.4) is 0 Å². The molecule has 0 radical (unpaired) electrons. The van der Waals surface area contributed by atoms with Crippen LogP contribution in [-0.4, -0.2) is 36.6 Å². The van der Waals surface area contributed by atoms with Crippen LogP contribution in [0.25, 0.3) is 0 Å². The second-order valence-electron chi connectivity index (χ2n) is 6.04. The summed E-state index contributed by atoms with van der Waals surface area (Å²) < 4.78 is 5.62. The van der Waals surface area contributed by atoms with Crippen LogP contribution in [0.1, 0.15) is 44.7 Å². The summed E-state index contributed by atoms with van der Waals surface area (Å²) in [5.41, 5.74) is 2.45. The molecule has 22 heavy (non-hydrogen) atoms. The molecule has 122 valence electrons. The highest BCUT2D eigenvalue weighted by molar-refractivity contribution is 5.80. The molecule has 0 atom stereocenters. The molecular formula is C18H29N3O. The van der Waals surface area contributed by atoms with Gasteiger partial charge in [-0.3, -0.25) is 0 Å². The number of hydrogen-bond acceptors (Lipinski definition) is 2. The second kappa shape index (κ2) is 8.79. The molecule has 1 aliphatic rings. The molecule has 0 aromatic heterocycles. The molecule has 4 heteroatoms. The van der Waals surface area contributed by atoms with Crippen LogP contribution in [0.4, 0.5) is 0 Å². The van der Waals surface area contributed by atoms with Crippen molar-refractivity contribution in [1.82, 2.24) is 10.2 Å². The molecule has 0 bridgehead atoms. The van der Waals surface area contributed by atoms with Crippen LogP contribution in [0.15, 0.2) is 29.3 Å². The first-order valence-corrected chi connectivity index (χ1v) is 8.41. The number of guanidine groups is 1. The van der Waals surface area contributed by atoms with E-state index in [4.69, 9.17) is 9.73 Å². The van der Waals surface area contributed by atoms with Crippen molar-refractivity contribution in [2.75, 3.05) is 19.6 Å². The molecule has 1 aromatic carbocycles. The Morgan fingerprint density at radius 1 is 1.18 bits per heavy atom. The van der Waals surface area contributed by atoms with Gasteiger partial charge in [-0.25, -0.2) is 4.99 Å². The van der Waals surface area contributed by atoms with E-state index in [0.29, 0.717) is 6.61 Å². The Morgan fingerprint density at radius 3 is 2.41 bits per heavy atom. The van der Waals surface area contributed by atoms with Crippen molar-refractivity contribution in [2.24, 2.45) is 4.99 Å². The highest BCUT2D eigenvalue weighted by atomic mass is 16.5. The van der Waals surface area contributed by atoms with E-state index in [0.717, 1.165) is 32.1 Å². The van der Waals surface area contributed by atoms with E-state index in [9.17, 15) is 0 Å². The van der Waals surface area contributed by atoms with Crippen molar-refractivity contribution in [2.45, 2.75) is 52.9 Å². The van der Waals surface area contributed by atoms with Gasteiger partial charge in [-0.1, -0.05) is 24.3 Å². The van der Waals surface area contributed by atoms with Gasteiger partial charge in [-0.2, -0.15) is 0 Å². The summed E-state index contributed by atoms with van der Waals surface area (Å²) in [6, 6.07) is 8.57. The largest absolute Gasteiger partial charge is 0.374 e. The minimum Gasteiger partial charge on any atom is -0.374 e. The van der Waals surface area contributed by atoms with E-state index in [1.54, 1.807) is 0 Å². The van der Waals surface area contributed by atoms with Gasteiger partial charge in [-0.05, 0) is 44.7 Å². The maximum absolute atomic E-state index is 5.62. The van der Waals surface area contributed by atoms with Gasteiger partial charge in [-0.15, -0.1) is 0 Å². The van der Waals surface area contributed by atoms with E-state index in [2.05, 4.69) is 55.3 Å². The van der Waals surface area contributed by atoms with E-state index >= 15 is 0 Å². The van der Waals surface area contributed by atoms with Gasteiger partial charge in [0, 0.05) is 19.6 Å². The number of hydrogen-bond donors (Lipinski definition) is 1. The van der Waals surface area contributed by atoms with E-state index in [-0.39, 0.29) is 6.10 Å². The minimum absolute atomic E-state index is 0.271. The molecule has 1 heterocycles. The van der Waals surface area contributed by atoms with Gasteiger partial charge in [0.05, 0.1) is 19.3 Å². The summed E-state index contributed by atoms with van der Waals surface area (Å²) in [5.74, 6) is 1.05. The fourth-order valence-electron chi connectivity index (χ4n) is 2.52. The molecule has 1 fully saturated rings. The SMILES string of the molecule is CCNC(=NCc1ccc(COC(C)C)cc1)N1CCCC1. The number of ether oxygens (including phenoxy) is 1. The van der Waals surface area contributed by atoms with E-state index in [1.165, 1.54) is 24.0 Å². The first kappa shape index (κ1) is 16.8. The molecule has 1 saturated heterocycles. The molecule has 1 aromatic rings. The summed E-state index contributed by atoms with van der Waals surface area (Å²) >= 11 is 0. The van der Waals surface area contributed by atoms with Crippen molar-refractivity contribution in [1.29, 1.82) is 0 Å². The van der Waals surface area contributed by atoms with Crippen LogP contribution in [-0.2, 0) is 17.9 Å². The molecular weight excluding hydrogens is 274 g/mol. The van der Waals surface area contributed by atoms with Gasteiger partial charge in [0.25, 0.3) is 0 Å². The fraction of sp³-hybridized carbons (Fsp3) is 0.611. The maximum atomic E-state index is 5.62. The average Bonchev–Trinajstić information content (AvgIpc) is 3.04. The van der Waals surface area contributed by atoms with E-state index < -0.39 is 0 Å². The smallest absolute Gasteiger partial charge is 0.194 e. The Labute approximate surface area is 134 Å². The Balaban J connectivity index is 1.92. The van der Waals surface area contributed by atoms with Gasteiger partial charge in [0.1, 0.15) is 0 Å². The third-order valence-corrected chi connectivity index (χ3v) is 3.76. The van der Waals surface area contributed by atoms with Crippen molar-refractivity contribution in [3.63, 3.8) is 0 Å². The molecule has 2 rings (SSSR count). The monoisotopic (exact) mass is 303 g/mol. The molecule has 0 spiro atoms. The first-order valence-electron chi connectivity index (χ1n) is 8.41. The summed E-state index contributed by atoms with van der Waals surface area (Å²) in [6.07, 6.45) is 2.82. The van der Waals surface area contributed by atoms with Crippen molar-refractivity contribution < 1.29 is 4.74 Å². The number of nitrogens with one attached hydrogen (secondary N) is 1. The number of likely N-dealkylation sites (tertiary alicyclic amines) is 1. The molecule has 1 aliphatic heterocycles. The number of aliphatic imine (C=N–C) groups is 1. The standard InChI is InChI=1S/C18H29N3O/c1-4-19-18(21-11-5-6-12-21)20-13-16-7-9-17(10-8-16)14-22-15(2)3/h7-10,15H,4-6,11-14H2,1-3H3,(H,19,20). The normalized spacial score (nSPS) is 15.6. The predicted molar refractivity (Wildman–Crippen MR) is 92.0 cm³/mol. The zero-order valence-corrected chi connectivity index (χ0v) is 14.1. The zero-order chi connectivity index (χ0) is 15.8. The maximum Gasteiger partial charge on any atom is 0.194 e. The van der Waals surface area contributed by atoms with Crippen LogP contribution in [0.2, 0.25) is 0 Å². The lowest BCUT2D eigenvalue weighted by Gasteiger charge is -2.20. The van der Waals surface area contributed by atoms with Crippen LogP contribution < -0.4 is 5.32 Å². The topological polar surface area (TPSA) is 36.9 Å². The summed E-state index contributed by atoms with van der Waals surface area (Å²) in [6.45, 7) is 10.8. The van der Waals surface area contributed by atoms with Crippen LogP contribution in [0.5, 0.6) is 0 Å². The third kappa shape index (κ3) is 5.34. The minimum atomic E-state index is 0.271. The lowest BCUT2D eigenvalue weighted by Crippen LogP contribution is -2.39. The van der Waals surface area contributed by atoms with Crippen LogP contribution >= 0.6 is 0 Å². The highest BCUT2D eigenvalue weighted by Gasteiger charge is 2.15. The molecule has 0 amide bonds. The van der Waals surface area contributed by atoms with Gasteiger partial charge in [0.15, 0.2) is 5.96 Å². The average molecular weight is 303 g/mol. The second-order valence-corrected chi connectivity index (χ2v) is 6.04. The molecule has 0 unspecified atom stereocenters. The van der Waals surface area contributed by atoms with Crippen molar-refractivity contribution >= 4 is 5.96 Å². The summed E-state index contributed by atoms with van der Waals surface area (Å²) in [7, 11) is 0. The third-order valence-electron chi connectivity index (χ3n) is 3.76. The number of nitrogens with zero attached hydrogens (tertiary/aromatic N) is 2. The van der Waals surface area contributed by atoms with Crippen LogP contribution in [0, 0.1) is 0 Å². The van der Waals surface area contributed by atoms with Gasteiger partial charge in [0.2, 0.25) is 0 Å². The summed E-state index contributed by atoms with van der Waals surface area (Å²) in [4.78, 5) is 7.13. The van der Waals surface area contributed by atoms with Crippen molar-refractivity contribution in [3.8, 4) is 0 Å². The quantitative estimate of drug-likeness (QED) is 0.648. The Bertz CT molecular complexity index is 462. The van der Waals surface area contributed by atoms with Crippen molar-refractivity contribution in [3.05, 3.63) is 35.4 Å². The Hall–Kier alpha value is -1.55. The van der Waals surface area contributed by atoms with Gasteiger partial charge < -0.3 is 15.0 Å². The number of benzene rings is 1. The first-order chi connectivity index (χ1) is 10.7.